The Morgan fingerprint density at radius 3 is 2.62 bits per heavy atom. The molecule has 0 aliphatic rings. The van der Waals surface area contributed by atoms with Crippen molar-refractivity contribution in [2.75, 3.05) is 5.73 Å². The van der Waals surface area contributed by atoms with Gasteiger partial charge in [-0.3, -0.25) is 0 Å². The Morgan fingerprint density at radius 2 is 1.94 bits per heavy atom. The molecule has 0 bridgehead atoms. The van der Waals surface area contributed by atoms with Gasteiger partial charge in [0.1, 0.15) is 12.4 Å². The summed E-state index contributed by atoms with van der Waals surface area (Å²) in [4.78, 5) is 7.89. The van der Waals surface area contributed by atoms with Gasteiger partial charge in [-0.1, -0.05) is 28.1 Å². The van der Waals surface area contributed by atoms with E-state index in [9.17, 15) is 0 Å². The van der Waals surface area contributed by atoms with Gasteiger partial charge in [0, 0.05) is 10.7 Å². The lowest BCUT2D eigenvalue weighted by atomic mass is 10.2. The van der Waals surface area contributed by atoms with Crippen LogP contribution in [-0.2, 0) is 6.61 Å². The lowest BCUT2D eigenvalue weighted by Crippen LogP contribution is -2.00. The van der Waals surface area contributed by atoms with Crippen LogP contribution in [0.1, 0.15) is 5.56 Å². The van der Waals surface area contributed by atoms with Gasteiger partial charge in [0.2, 0.25) is 0 Å². The van der Waals surface area contributed by atoms with Crippen molar-refractivity contribution >= 4 is 21.7 Å². The number of anilines is 1. The quantitative estimate of drug-likeness (QED) is 0.937. The monoisotopic (exact) mass is 279 g/mol. The maximum absolute atomic E-state index is 5.51. The third kappa shape index (κ3) is 2.93. The average Bonchev–Trinajstić information content (AvgIpc) is 2.28. The first-order chi connectivity index (χ1) is 7.74. The molecule has 1 aromatic heterocycles. The summed E-state index contributed by atoms with van der Waals surface area (Å²) in [5.41, 5.74) is 6.56. The topological polar surface area (TPSA) is 61.0 Å². The van der Waals surface area contributed by atoms with Crippen molar-refractivity contribution in [3.8, 4) is 6.01 Å². The van der Waals surface area contributed by atoms with Gasteiger partial charge in [0.05, 0.1) is 0 Å². The molecule has 0 amide bonds. The molecule has 1 heterocycles. The van der Waals surface area contributed by atoms with E-state index in [0.29, 0.717) is 18.4 Å². The van der Waals surface area contributed by atoms with E-state index in [-0.39, 0.29) is 0 Å². The standard InChI is InChI=1S/C11H10BrN3O/c12-9-3-1-8(2-4-9)7-16-11-14-6-5-10(13)15-11/h1-6H,7H2,(H2,13,14,15). The molecule has 82 valence electrons. The summed E-state index contributed by atoms with van der Waals surface area (Å²) in [5, 5.41) is 0. The molecule has 0 unspecified atom stereocenters. The molecule has 2 N–H and O–H groups in total. The number of rotatable bonds is 3. The Bertz CT molecular complexity index is 473. The van der Waals surface area contributed by atoms with E-state index >= 15 is 0 Å². The van der Waals surface area contributed by atoms with Crippen LogP contribution in [-0.4, -0.2) is 9.97 Å². The predicted octanol–water partition coefficient (Wildman–Crippen LogP) is 2.40. The van der Waals surface area contributed by atoms with Gasteiger partial charge in [-0.05, 0) is 23.8 Å². The number of hydrogen-bond donors (Lipinski definition) is 1. The first kappa shape index (κ1) is 10.9. The smallest absolute Gasteiger partial charge is 0.318 e. The molecule has 2 rings (SSSR count). The van der Waals surface area contributed by atoms with Crippen LogP contribution in [0.15, 0.2) is 41.0 Å². The zero-order valence-corrected chi connectivity index (χ0v) is 10.0. The van der Waals surface area contributed by atoms with Gasteiger partial charge in [-0.15, -0.1) is 0 Å². The van der Waals surface area contributed by atoms with Crippen LogP contribution in [0.5, 0.6) is 6.01 Å². The summed E-state index contributed by atoms with van der Waals surface area (Å²) in [6.07, 6.45) is 1.57. The number of nitrogens with zero attached hydrogens (tertiary/aromatic N) is 2. The van der Waals surface area contributed by atoms with Gasteiger partial charge < -0.3 is 10.5 Å². The molecule has 0 saturated carbocycles. The Kier molecular flexibility index (Phi) is 3.36. The number of hydrogen-bond acceptors (Lipinski definition) is 4. The number of benzene rings is 1. The molecule has 0 fully saturated rings. The Balaban J connectivity index is 1.99. The van der Waals surface area contributed by atoms with Crippen molar-refractivity contribution in [1.82, 2.24) is 9.97 Å². The zero-order chi connectivity index (χ0) is 11.4. The van der Waals surface area contributed by atoms with Crippen molar-refractivity contribution in [2.24, 2.45) is 0 Å². The number of nitrogens with two attached hydrogens (primary N) is 1. The van der Waals surface area contributed by atoms with Crippen LogP contribution < -0.4 is 10.5 Å². The van der Waals surface area contributed by atoms with Crippen molar-refractivity contribution < 1.29 is 4.74 Å². The number of ether oxygens (including phenoxy) is 1. The minimum Gasteiger partial charge on any atom is -0.459 e. The second-order valence-electron chi connectivity index (χ2n) is 3.18. The molecule has 1 aromatic carbocycles. The molecule has 0 atom stereocenters. The molecular formula is C11H10BrN3O. The van der Waals surface area contributed by atoms with Crippen LogP contribution in [0.2, 0.25) is 0 Å². The summed E-state index contributed by atoms with van der Waals surface area (Å²) in [5.74, 6) is 0.404. The van der Waals surface area contributed by atoms with E-state index in [1.165, 1.54) is 0 Å². The molecule has 4 nitrogen and oxygen atoms in total. The highest BCUT2D eigenvalue weighted by Crippen LogP contribution is 2.12. The highest BCUT2D eigenvalue weighted by Gasteiger charge is 1.99. The molecule has 0 aliphatic heterocycles. The number of nitrogen functional groups attached to an aromatic ring is 1. The lowest BCUT2D eigenvalue weighted by molar-refractivity contribution is 0.281. The normalized spacial score (nSPS) is 10.1. The van der Waals surface area contributed by atoms with E-state index in [2.05, 4.69) is 25.9 Å². The van der Waals surface area contributed by atoms with E-state index < -0.39 is 0 Å². The van der Waals surface area contributed by atoms with Crippen LogP contribution >= 0.6 is 15.9 Å². The fourth-order valence-corrected chi connectivity index (χ4v) is 1.42. The molecule has 16 heavy (non-hydrogen) atoms. The fraction of sp³-hybridized carbons (Fsp3) is 0.0909. The zero-order valence-electron chi connectivity index (χ0n) is 8.43. The molecule has 0 aliphatic carbocycles. The highest BCUT2D eigenvalue weighted by atomic mass is 79.9. The van der Waals surface area contributed by atoms with Gasteiger partial charge in [0.15, 0.2) is 0 Å². The summed E-state index contributed by atoms with van der Waals surface area (Å²) >= 11 is 3.37. The predicted molar refractivity (Wildman–Crippen MR) is 64.9 cm³/mol. The van der Waals surface area contributed by atoms with Gasteiger partial charge >= 0.3 is 6.01 Å². The van der Waals surface area contributed by atoms with Crippen LogP contribution in [0.25, 0.3) is 0 Å². The lowest BCUT2D eigenvalue weighted by Gasteiger charge is -2.04. The first-order valence-corrected chi connectivity index (χ1v) is 5.49. The average molecular weight is 280 g/mol. The third-order valence-electron chi connectivity index (χ3n) is 1.94. The van der Waals surface area contributed by atoms with Gasteiger partial charge in [0.25, 0.3) is 0 Å². The molecule has 5 heteroatoms. The SMILES string of the molecule is Nc1ccnc(OCc2ccc(Br)cc2)n1. The van der Waals surface area contributed by atoms with E-state index in [0.717, 1.165) is 10.0 Å². The minimum absolute atomic E-state index is 0.294. The summed E-state index contributed by atoms with van der Waals surface area (Å²) in [7, 11) is 0. The summed E-state index contributed by atoms with van der Waals surface area (Å²) in [6.45, 7) is 0.427. The molecule has 0 spiro atoms. The van der Waals surface area contributed by atoms with Gasteiger partial charge in [-0.2, -0.15) is 4.98 Å². The van der Waals surface area contributed by atoms with E-state index in [1.807, 2.05) is 24.3 Å². The van der Waals surface area contributed by atoms with E-state index in [1.54, 1.807) is 12.3 Å². The highest BCUT2D eigenvalue weighted by molar-refractivity contribution is 9.10. The first-order valence-electron chi connectivity index (χ1n) is 4.70. The van der Waals surface area contributed by atoms with Crippen LogP contribution in [0, 0.1) is 0 Å². The molecule has 0 radical (unpaired) electrons. The summed E-state index contributed by atoms with van der Waals surface area (Å²) in [6, 6.07) is 9.76. The van der Waals surface area contributed by atoms with E-state index in [4.69, 9.17) is 10.5 Å². The molecule has 2 aromatic rings. The maximum atomic E-state index is 5.51. The Labute approximate surface area is 102 Å². The summed E-state index contributed by atoms with van der Waals surface area (Å²) < 4.78 is 6.43. The molecular weight excluding hydrogens is 270 g/mol. The van der Waals surface area contributed by atoms with Crippen molar-refractivity contribution in [2.45, 2.75) is 6.61 Å². The second kappa shape index (κ2) is 4.94. The van der Waals surface area contributed by atoms with Crippen molar-refractivity contribution in [3.63, 3.8) is 0 Å². The number of halogens is 1. The third-order valence-corrected chi connectivity index (χ3v) is 2.46. The fourth-order valence-electron chi connectivity index (χ4n) is 1.15. The minimum atomic E-state index is 0.294. The number of aromatic nitrogens is 2. The Morgan fingerprint density at radius 1 is 1.19 bits per heavy atom. The van der Waals surface area contributed by atoms with Crippen LogP contribution in [0.3, 0.4) is 0 Å². The van der Waals surface area contributed by atoms with Crippen LogP contribution in [0.4, 0.5) is 5.82 Å². The van der Waals surface area contributed by atoms with Crippen molar-refractivity contribution in [3.05, 3.63) is 46.6 Å². The second-order valence-corrected chi connectivity index (χ2v) is 4.09. The largest absolute Gasteiger partial charge is 0.459 e. The maximum Gasteiger partial charge on any atom is 0.318 e. The van der Waals surface area contributed by atoms with Crippen molar-refractivity contribution in [1.29, 1.82) is 0 Å². The van der Waals surface area contributed by atoms with Gasteiger partial charge in [-0.25, -0.2) is 4.98 Å². The molecule has 0 saturated heterocycles. The Hall–Kier alpha value is -1.62.